The number of imidazole rings is 1. The summed E-state index contributed by atoms with van der Waals surface area (Å²) in [4.78, 5) is 22.0. The van der Waals surface area contributed by atoms with Crippen LogP contribution in [-0.2, 0) is 11.3 Å². The number of nitrogens with one attached hydrogen (secondary N) is 1. The summed E-state index contributed by atoms with van der Waals surface area (Å²) in [5.74, 6) is -0.0926. The lowest BCUT2D eigenvalue weighted by atomic mass is 10.3. The van der Waals surface area contributed by atoms with Crippen LogP contribution in [0.25, 0.3) is 11.2 Å². The molecule has 0 bridgehead atoms. The highest BCUT2D eigenvalue weighted by molar-refractivity contribution is 5.89. The summed E-state index contributed by atoms with van der Waals surface area (Å²) < 4.78 is 4.53. The lowest BCUT2D eigenvalue weighted by Crippen LogP contribution is -2.03. The molecule has 0 aliphatic heterocycles. The number of H-pyrrole nitrogens is 1. The summed E-state index contributed by atoms with van der Waals surface area (Å²) in [5.41, 5.74) is 1.26. The van der Waals surface area contributed by atoms with E-state index in [1.807, 2.05) is 0 Å². The number of methoxy groups -OCH3 is 1. The minimum Gasteiger partial charge on any atom is -0.464 e. The Hall–Kier alpha value is -1.95. The SMILES string of the molecule is COC(=O)c1ccc2[nH]c(CO)nc2n1. The van der Waals surface area contributed by atoms with Crippen molar-refractivity contribution in [1.82, 2.24) is 15.0 Å². The summed E-state index contributed by atoms with van der Waals surface area (Å²) in [6.45, 7) is -0.191. The van der Waals surface area contributed by atoms with Crippen molar-refractivity contribution in [3.63, 3.8) is 0 Å². The molecule has 2 heterocycles. The van der Waals surface area contributed by atoms with Crippen molar-refractivity contribution < 1.29 is 14.6 Å². The van der Waals surface area contributed by atoms with Crippen LogP contribution in [0.2, 0.25) is 0 Å². The predicted molar refractivity (Wildman–Crippen MR) is 51.2 cm³/mol. The molecule has 0 saturated carbocycles. The molecule has 0 aromatic carbocycles. The number of pyridine rings is 1. The fourth-order valence-electron chi connectivity index (χ4n) is 1.24. The first-order chi connectivity index (χ1) is 7.24. The lowest BCUT2D eigenvalue weighted by Gasteiger charge is -1.96. The normalized spacial score (nSPS) is 10.5. The fourth-order valence-corrected chi connectivity index (χ4v) is 1.24. The summed E-state index contributed by atoms with van der Waals surface area (Å²) in [7, 11) is 1.29. The van der Waals surface area contributed by atoms with Gasteiger partial charge in [-0.25, -0.2) is 14.8 Å². The van der Waals surface area contributed by atoms with Gasteiger partial charge in [-0.05, 0) is 12.1 Å². The Bertz CT molecular complexity index is 506. The van der Waals surface area contributed by atoms with E-state index in [0.29, 0.717) is 17.0 Å². The standard InChI is InChI=1S/C9H9N3O3/c1-15-9(14)6-3-2-5-8(11-6)12-7(4-13)10-5/h2-3,13H,4H2,1H3,(H,10,11,12). The Kier molecular flexibility index (Phi) is 2.34. The van der Waals surface area contributed by atoms with Gasteiger partial charge in [0.15, 0.2) is 11.3 Å². The molecule has 0 amide bonds. The van der Waals surface area contributed by atoms with Crippen LogP contribution in [-0.4, -0.2) is 33.1 Å². The van der Waals surface area contributed by atoms with E-state index in [-0.39, 0.29) is 12.3 Å². The average molecular weight is 207 g/mol. The minimum atomic E-state index is -0.509. The molecule has 0 unspecified atom stereocenters. The number of nitrogens with zero attached hydrogens (tertiary/aromatic N) is 2. The molecule has 0 aliphatic carbocycles. The highest BCUT2D eigenvalue weighted by Gasteiger charge is 2.10. The number of aliphatic hydroxyl groups is 1. The number of aromatic amines is 1. The monoisotopic (exact) mass is 207 g/mol. The second-order valence-corrected chi connectivity index (χ2v) is 2.90. The summed E-state index contributed by atoms with van der Waals surface area (Å²) in [6.07, 6.45) is 0. The van der Waals surface area contributed by atoms with Crippen molar-refractivity contribution in [3.05, 3.63) is 23.7 Å². The zero-order valence-corrected chi connectivity index (χ0v) is 8.02. The maximum absolute atomic E-state index is 11.2. The first-order valence-corrected chi connectivity index (χ1v) is 4.29. The van der Waals surface area contributed by atoms with E-state index in [1.165, 1.54) is 13.2 Å². The van der Waals surface area contributed by atoms with E-state index in [2.05, 4.69) is 19.7 Å². The van der Waals surface area contributed by atoms with Crippen LogP contribution in [0.1, 0.15) is 16.3 Å². The van der Waals surface area contributed by atoms with Crippen molar-refractivity contribution in [3.8, 4) is 0 Å². The van der Waals surface area contributed by atoms with Gasteiger partial charge in [-0.3, -0.25) is 0 Å². The fraction of sp³-hybridized carbons (Fsp3) is 0.222. The molecule has 0 spiro atoms. The third-order valence-electron chi connectivity index (χ3n) is 1.94. The van der Waals surface area contributed by atoms with Crippen LogP contribution in [0.5, 0.6) is 0 Å². The molecule has 2 aromatic heterocycles. The van der Waals surface area contributed by atoms with E-state index in [4.69, 9.17) is 5.11 Å². The summed E-state index contributed by atoms with van der Waals surface area (Å²) in [5, 5.41) is 8.85. The van der Waals surface area contributed by atoms with Gasteiger partial charge in [0.1, 0.15) is 12.4 Å². The molecule has 78 valence electrons. The Morgan fingerprint density at radius 3 is 3.00 bits per heavy atom. The van der Waals surface area contributed by atoms with Gasteiger partial charge < -0.3 is 14.8 Å². The van der Waals surface area contributed by atoms with E-state index in [1.54, 1.807) is 6.07 Å². The van der Waals surface area contributed by atoms with Crippen molar-refractivity contribution in [2.24, 2.45) is 0 Å². The number of fused-ring (bicyclic) bond motifs is 1. The van der Waals surface area contributed by atoms with E-state index >= 15 is 0 Å². The second-order valence-electron chi connectivity index (χ2n) is 2.90. The van der Waals surface area contributed by atoms with Gasteiger partial charge in [0.2, 0.25) is 0 Å². The van der Waals surface area contributed by atoms with Crippen molar-refractivity contribution in [1.29, 1.82) is 0 Å². The molecule has 0 atom stereocenters. The molecule has 0 saturated heterocycles. The molecule has 0 radical (unpaired) electrons. The largest absolute Gasteiger partial charge is 0.464 e. The highest BCUT2D eigenvalue weighted by atomic mass is 16.5. The molecule has 6 heteroatoms. The Balaban J connectivity index is 2.50. The Morgan fingerprint density at radius 1 is 1.53 bits per heavy atom. The number of aromatic nitrogens is 3. The third-order valence-corrected chi connectivity index (χ3v) is 1.94. The van der Waals surface area contributed by atoms with Crippen molar-refractivity contribution in [2.75, 3.05) is 7.11 Å². The quantitative estimate of drug-likeness (QED) is 0.688. The second kappa shape index (κ2) is 3.66. The Morgan fingerprint density at radius 2 is 2.33 bits per heavy atom. The van der Waals surface area contributed by atoms with Gasteiger partial charge >= 0.3 is 5.97 Å². The topological polar surface area (TPSA) is 88.1 Å². The average Bonchev–Trinajstić information content (AvgIpc) is 2.69. The summed E-state index contributed by atoms with van der Waals surface area (Å²) in [6, 6.07) is 3.20. The molecular formula is C9H9N3O3. The van der Waals surface area contributed by atoms with Gasteiger partial charge in [0, 0.05) is 0 Å². The smallest absolute Gasteiger partial charge is 0.356 e. The number of hydrogen-bond donors (Lipinski definition) is 2. The van der Waals surface area contributed by atoms with Crippen LogP contribution >= 0.6 is 0 Å². The van der Waals surface area contributed by atoms with Gasteiger partial charge in [0.05, 0.1) is 12.6 Å². The van der Waals surface area contributed by atoms with Gasteiger partial charge in [-0.1, -0.05) is 0 Å². The first-order valence-electron chi connectivity index (χ1n) is 4.29. The molecule has 15 heavy (non-hydrogen) atoms. The molecule has 2 aromatic rings. The molecule has 2 N–H and O–H groups in total. The molecular weight excluding hydrogens is 198 g/mol. The number of aliphatic hydroxyl groups excluding tert-OH is 1. The van der Waals surface area contributed by atoms with Gasteiger partial charge in [-0.15, -0.1) is 0 Å². The number of esters is 1. The van der Waals surface area contributed by atoms with Crippen LogP contribution in [0.3, 0.4) is 0 Å². The van der Waals surface area contributed by atoms with Gasteiger partial charge in [0.25, 0.3) is 0 Å². The van der Waals surface area contributed by atoms with Crippen molar-refractivity contribution in [2.45, 2.75) is 6.61 Å². The Labute approximate surface area is 84.9 Å². The molecule has 0 fully saturated rings. The number of carbonyl (C=O) groups excluding carboxylic acids is 1. The summed E-state index contributed by atoms with van der Waals surface area (Å²) >= 11 is 0. The minimum absolute atomic E-state index is 0.191. The zero-order chi connectivity index (χ0) is 10.8. The molecule has 0 aliphatic rings. The van der Waals surface area contributed by atoms with Gasteiger partial charge in [-0.2, -0.15) is 0 Å². The van der Waals surface area contributed by atoms with Crippen molar-refractivity contribution >= 4 is 17.1 Å². The number of rotatable bonds is 2. The molecule has 2 rings (SSSR count). The van der Waals surface area contributed by atoms with E-state index < -0.39 is 5.97 Å². The van der Waals surface area contributed by atoms with Crippen LogP contribution in [0.15, 0.2) is 12.1 Å². The van der Waals surface area contributed by atoms with Crippen LogP contribution < -0.4 is 0 Å². The van der Waals surface area contributed by atoms with E-state index in [9.17, 15) is 4.79 Å². The number of ether oxygens (including phenoxy) is 1. The maximum atomic E-state index is 11.2. The van der Waals surface area contributed by atoms with Crippen LogP contribution in [0.4, 0.5) is 0 Å². The van der Waals surface area contributed by atoms with Crippen LogP contribution in [0, 0.1) is 0 Å². The number of carbonyl (C=O) groups is 1. The maximum Gasteiger partial charge on any atom is 0.356 e. The van der Waals surface area contributed by atoms with E-state index in [0.717, 1.165) is 0 Å². The third kappa shape index (κ3) is 1.66. The number of hydrogen-bond acceptors (Lipinski definition) is 5. The molecule has 6 nitrogen and oxygen atoms in total. The highest BCUT2D eigenvalue weighted by Crippen LogP contribution is 2.10. The first kappa shape index (κ1) is 9.60. The lowest BCUT2D eigenvalue weighted by molar-refractivity contribution is 0.0594. The predicted octanol–water partition coefficient (Wildman–Crippen LogP) is 0.237. The zero-order valence-electron chi connectivity index (χ0n) is 8.02.